The number of methoxy groups -OCH3 is 1. The summed E-state index contributed by atoms with van der Waals surface area (Å²) < 4.78 is 6.84. The van der Waals surface area contributed by atoms with E-state index in [0.29, 0.717) is 12.8 Å². The number of carbonyl (C=O) groups excluding carboxylic acids is 1. The van der Waals surface area contributed by atoms with Crippen molar-refractivity contribution in [2.75, 3.05) is 7.11 Å². The van der Waals surface area contributed by atoms with Gasteiger partial charge < -0.3 is 4.74 Å². The topological polar surface area (TPSA) is 57.0 Å². The third-order valence-electron chi connectivity index (χ3n) is 2.40. The summed E-state index contributed by atoms with van der Waals surface area (Å²) in [5, 5.41) is 4.08. The lowest BCUT2D eigenvalue weighted by Crippen LogP contribution is -2.16. The Hall–Kier alpha value is -1.23. The summed E-state index contributed by atoms with van der Waals surface area (Å²) in [7, 11) is 1.61. The minimum absolute atomic E-state index is 0.0324. The monoisotopic (exact) mass is 225 g/mol. The number of carbonyl (C=O) groups is 1. The predicted octanol–water partition coefficient (Wildman–Crippen LogP) is 1.22. The first-order chi connectivity index (χ1) is 7.67. The maximum absolute atomic E-state index is 11.7. The Balaban J connectivity index is 2.52. The lowest BCUT2D eigenvalue weighted by Gasteiger charge is -2.08. The van der Waals surface area contributed by atoms with Crippen LogP contribution in [0.1, 0.15) is 32.5 Å². The maximum Gasteiger partial charge on any atom is 0.143 e. The van der Waals surface area contributed by atoms with Crippen LogP contribution >= 0.6 is 0 Å². The van der Waals surface area contributed by atoms with Crippen molar-refractivity contribution in [1.82, 2.24) is 14.8 Å². The van der Waals surface area contributed by atoms with E-state index in [4.69, 9.17) is 4.74 Å². The molecule has 0 aliphatic heterocycles. The van der Waals surface area contributed by atoms with Crippen LogP contribution in [0.4, 0.5) is 0 Å². The summed E-state index contributed by atoms with van der Waals surface area (Å²) in [6.07, 6.45) is 3.22. The highest BCUT2D eigenvalue weighted by molar-refractivity contribution is 5.80. The number of nitrogens with zero attached hydrogens (tertiary/aromatic N) is 3. The molecule has 0 radical (unpaired) electrons. The molecule has 0 amide bonds. The average Bonchev–Trinajstić information content (AvgIpc) is 2.66. The van der Waals surface area contributed by atoms with Gasteiger partial charge in [0, 0.05) is 20.1 Å². The molecular formula is C11H19N3O2. The summed E-state index contributed by atoms with van der Waals surface area (Å²) in [4.78, 5) is 15.8. The van der Waals surface area contributed by atoms with Gasteiger partial charge in [-0.2, -0.15) is 5.10 Å². The second kappa shape index (κ2) is 6.37. The highest BCUT2D eigenvalue weighted by Gasteiger charge is 2.12. The van der Waals surface area contributed by atoms with E-state index >= 15 is 0 Å². The van der Waals surface area contributed by atoms with Gasteiger partial charge in [-0.1, -0.05) is 6.92 Å². The van der Waals surface area contributed by atoms with Gasteiger partial charge in [0.2, 0.25) is 0 Å². The van der Waals surface area contributed by atoms with Crippen LogP contribution < -0.4 is 0 Å². The van der Waals surface area contributed by atoms with Crippen molar-refractivity contribution < 1.29 is 9.53 Å². The van der Waals surface area contributed by atoms with E-state index in [2.05, 4.69) is 17.0 Å². The van der Waals surface area contributed by atoms with Crippen LogP contribution in [-0.2, 0) is 22.5 Å². The van der Waals surface area contributed by atoms with Crippen LogP contribution in [0.5, 0.6) is 0 Å². The van der Waals surface area contributed by atoms with Gasteiger partial charge in [0.25, 0.3) is 0 Å². The molecule has 0 fully saturated rings. The van der Waals surface area contributed by atoms with Gasteiger partial charge in [0.05, 0.1) is 12.5 Å². The molecular weight excluding hydrogens is 206 g/mol. The SMILES string of the molecule is CCCn1ncnc1CC(=O)CC(C)OC. The van der Waals surface area contributed by atoms with E-state index in [1.807, 2.05) is 6.92 Å². The van der Waals surface area contributed by atoms with Crippen LogP contribution in [0.15, 0.2) is 6.33 Å². The first-order valence-corrected chi connectivity index (χ1v) is 5.58. The molecule has 1 rings (SSSR count). The molecule has 0 spiro atoms. The zero-order valence-corrected chi connectivity index (χ0v) is 10.1. The highest BCUT2D eigenvalue weighted by atomic mass is 16.5. The van der Waals surface area contributed by atoms with Crippen LogP contribution in [0.25, 0.3) is 0 Å². The predicted molar refractivity (Wildman–Crippen MR) is 60.1 cm³/mol. The van der Waals surface area contributed by atoms with Crippen molar-refractivity contribution in [2.45, 2.75) is 45.8 Å². The fourth-order valence-corrected chi connectivity index (χ4v) is 1.48. The quantitative estimate of drug-likeness (QED) is 0.700. The molecule has 16 heavy (non-hydrogen) atoms. The molecule has 90 valence electrons. The lowest BCUT2D eigenvalue weighted by atomic mass is 10.1. The number of ketones is 1. The van der Waals surface area contributed by atoms with Crippen molar-refractivity contribution in [1.29, 1.82) is 0 Å². The molecule has 0 saturated heterocycles. The zero-order valence-electron chi connectivity index (χ0n) is 10.1. The molecule has 1 unspecified atom stereocenters. The number of Topliss-reactive ketones (excluding diaryl/α,β-unsaturated/α-hetero) is 1. The van der Waals surface area contributed by atoms with E-state index in [9.17, 15) is 4.79 Å². The molecule has 5 heteroatoms. The van der Waals surface area contributed by atoms with Gasteiger partial charge in [-0.05, 0) is 13.3 Å². The fourth-order valence-electron chi connectivity index (χ4n) is 1.48. The molecule has 0 N–H and O–H groups in total. The molecule has 1 heterocycles. The standard InChI is InChI=1S/C11H19N3O2/c1-4-5-14-11(12-8-13-14)7-10(15)6-9(2)16-3/h8-9H,4-7H2,1-3H3. The van der Waals surface area contributed by atoms with Gasteiger partial charge in [0.1, 0.15) is 17.9 Å². The van der Waals surface area contributed by atoms with Gasteiger partial charge in [-0.3, -0.25) is 4.79 Å². The smallest absolute Gasteiger partial charge is 0.143 e. The molecule has 0 aliphatic rings. The molecule has 0 saturated carbocycles. The minimum Gasteiger partial charge on any atom is -0.381 e. The fraction of sp³-hybridized carbons (Fsp3) is 0.727. The summed E-state index contributed by atoms with van der Waals surface area (Å²) in [6.45, 7) is 4.76. The normalized spacial score (nSPS) is 12.7. The van der Waals surface area contributed by atoms with Crippen molar-refractivity contribution in [2.24, 2.45) is 0 Å². The summed E-state index contributed by atoms with van der Waals surface area (Å²) in [6, 6.07) is 0. The molecule has 1 atom stereocenters. The molecule has 1 aromatic heterocycles. The molecule has 0 bridgehead atoms. The van der Waals surface area contributed by atoms with E-state index in [-0.39, 0.29) is 11.9 Å². The highest BCUT2D eigenvalue weighted by Crippen LogP contribution is 2.03. The first kappa shape index (κ1) is 12.8. The average molecular weight is 225 g/mol. The second-order valence-electron chi connectivity index (χ2n) is 3.87. The van der Waals surface area contributed by atoms with Crippen LogP contribution in [0.3, 0.4) is 0 Å². The van der Waals surface area contributed by atoms with Gasteiger partial charge >= 0.3 is 0 Å². The summed E-state index contributed by atoms with van der Waals surface area (Å²) in [5.41, 5.74) is 0. The van der Waals surface area contributed by atoms with Crippen molar-refractivity contribution in [3.05, 3.63) is 12.2 Å². The molecule has 0 aliphatic carbocycles. The minimum atomic E-state index is -0.0324. The lowest BCUT2D eigenvalue weighted by molar-refractivity contribution is -0.120. The number of rotatable bonds is 7. The molecule has 0 aromatic carbocycles. The number of aryl methyl sites for hydroxylation is 1. The second-order valence-corrected chi connectivity index (χ2v) is 3.87. The van der Waals surface area contributed by atoms with E-state index in [1.54, 1.807) is 11.8 Å². The maximum atomic E-state index is 11.7. The number of aromatic nitrogens is 3. The Kier molecular flexibility index (Phi) is 5.11. The first-order valence-electron chi connectivity index (χ1n) is 5.58. The third kappa shape index (κ3) is 3.73. The Labute approximate surface area is 95.8 Å². The Morgan fingerprint density at radius 2 is 2.38 bits per heavy atom. The number of hydrogen-bond acceptors (Lipinski definition) is 4. The van der Waals surface area contributed by atoms with Crippen LogP contribution in [0, 0.1) is 0 Å². The Bertz CT molecular complexity index is 336. The van der Waals surface area contributed by atoms with Crippen molar-refractivity contribution >= 4 is 5.78 Å². The van der Waals surface area contributed by atoms with E-state index in [0.717, 1.165) is 18.8 Å². The molecule has 1 aromatic rings. The summed E-state index contributed by atoms with van der Waals surface area (Å²) >= 11 is 0. The van der Waals surface area contributed by atoms with Crippen molar-refractivity contribution in [3.8, 4) is 0 Å². The van der Waals surface area contributed by atoms with Gasteiger partial charge in [-0.15, -0.1) is 0 Å². The van der Waals surface area contributed by atoms with E-state index in [1.165, 1.54) is 6.33 Å². The summed E-state index contributed by atoms with van der Waals surface area (Å²) in [5.74, 6) is 0.884. The van der Waals surface area contributed by atoms with Crippen LogP contribution in [-0.4, -0.2) is 33.8 Å². The largest absolute Gasteiger partial charge is 0.381 e. The Morgan fingerprint density at radius 1 is 1.62 bits per heavy atom. The van der Waals surface area contributed by atoms with Gasteiger partial charge in [-0.25, -0.2) is 9.67 Å². The number of hydrogen-bond donors (Lipinski definition) is 0. The Morgan fingerprint density at radius 3 is 3.00 bits per heavy atom. The molecule has 5 nitrogen and oxygen atoms in total. The third-order valence-corrected chi connectivity index (χ3v) is 2.40. The van der Waals surface area contributed by atoms with Crippen molar-refractivity contribution in [3.63, 3.8) is 0 Å². The van der Waals surface area contributed by atoms with E-state index < -0.39 is 0 Å². The van der Waals surface area contributed by atoms with Crippen LogP contribution in [0.2, 0.25) is 0 Å². The zero-order chi connectivity index (χ0) is 12.0. The van der Waals surface area contributed by atoms with Gasteiger partial charge in [0.15, 0.2) is 0 Å². The number of ether oxygens (including phenoxy) is 1.